The van der Waals surface area contributed by atoms with Crippen LogP contribution in [0.25, 0.3) is 10.2 Å². The van der Waals surface area contributed by atoms with Crippen LogP contribution < -0.4 is 10.6 Å². The van der Waals surface area contributed by atoms with Crippen molar-refractivity contribution in [1.82, 2.24) is 20.6 Å². The molecule has 0 unspecified atom stereocenters. The van der Waals surface area contributed by atoms with Gasteiger partial charge in [-0.05, 0) is 45.6 Å². The molecule has 3 rings (SSSR count). The van der Waals surface area contributed by atoms with Crippen molar-refractivity contribution in [2.75, 3.05) is 6.54 Å². The number of carbonyl (C=O) groups is 2. The molecule has 7 heteroatoms. The van der Waals surface area contributed by atoms with Gasteiger partial charge in [0.2, 0.25) is 5.91 Å². The summed E-state index contributed by atoms with van der Waals surface area (Å²) >= 11 is 1.36. The van der Waals surface area contributed by atoms with E-state index in [0.717, 1.165) is 34.3 Å². The number of hydrogen-bond acceptors (Lipinski definition) is 5. The van der Waals surface area contributed by atoms with Crippen LogP contribution in [-0.4, -0.2) is 34.4 Å². The highest BCUT2D eigenvalue weighted by Gasteiger charge is 2.25. The summed E-state index contributed by atoms with van der Waals surface area (Å²) in [6, 6.07) is -0.455. The van der Waals surface area contributed by atoms with E-state index in [-0.39, 0.29) is 11.8 Å². The SMILES string of the molecule is Cc1nc(C)c2c(C)c(C(=O)N[C@H]3CCCCNC3=O)sc2n1. The van der Waals surface area contributed by atoms with E-state index in [1.165, 1.54) is 11.3 Å². The lowest BCUT2D eigenvalue weighted by Gasteiger charge is -2.14. The van der Waals surface area contributed by atoms with E-state index in [0.29, 0.717) is 23.7 Å². The molecular weight excluding hydrogens is 312 g/mol. The molecule has 0 spiro atoms. The molecule has 0 saturated carbocycles. The molecule has 1 aliphatic heterocycles. The van der Waals surface area contributed by atoms with E-state index in [9.17, 15) is 9.59 Å². The Labute approximate surface area is 138 Å². The number of rotatable bonds is 2. The molecule has 0 bridgehead atoms. The summed E-state index contributed by atoms with van der Waals surface area (Å²) in [6.45, 7) is 6.36. The average molecular weight is 332 g/mol. The Balaban J connectivity index is 1.90. The number of thiophene rings is 1. The molecule has 2 amide bonds. The third-order valence-corrected chi connectivity index (χ3v) is 5.31. The largest absolute Gasteiger partial charge is 0.354 e. The summed E-state index contributed by atoms with van der Waals surface area (Å²) in [5, 5.41) is 6.65. The summed E-state index contributed by atoms with van der Waals surface area (Å²) in [5.74, 6) is 0.400. The Morgan fingerprint density at radius 1 is 1.26 bits per heavy atom. The highest BCUT2D eigenvalue weighted by atomic mass is 32.1. The first-order chi connectivity index (χ1) is 11.0. The van der Waals surface area contributed by atoms with E-state index in [2.05, 4.69) is 20.6 Å². The van der Waals surface area contributed by atoms with Gasteiger partial charge in [0.15, 0.2) is 0 Å². The first-order valence-electron chi connectivity index (χ1n) is 7.80. The van der Waals surface area contributed by atoms with Gasteiger partial charge in [-0.1, -0.05) is 0 Å². The Morgan fingerprint density at radius 2 is 2.04 bits per heavy atom. The molecular formula is C16H20N4O2S. The van der Waals surface area contributed by atoms with E-state index in [1.807, 2.05) is 20.8 Å². The molecule has 6 nitrogen and oxygen atoms in total. The van der Waals surface area contributed by atoms with Gasteiger partial charge in [-0.3, -0.25) is 9.59 Å². The van der Waals surface area contributed by atoms with Gasteiger partial charge in [-0.2, -0.15) is 0 Å². The molecule has 0 aliphatic carbocycles. The van der Waals surface area contributed by atoms with E-state index in [1.54, 1.807) is 0 Å². The fourth-order valence-corrected chi connectivity index (χ4v) is 4.17. The van der Waals surface area contributed by atoms with Crippen LogP contribution in [0.2, 0.25) is 0 Å². The maximum absolute atomic E-state index is 12.6. The van der Waals surface area contributed by atoms with Crippen molar-refractivity contribution < 1.29 is 9.59 Å². The van der Waals surface area contributed by atoms with Gasteiger partial charge >= 0.3 is 0 Å². The number of aryl methyl sites for hydroxylation is 3. The molecule has 23 heavy (non-hydrogen) atoms. The van der Waals surface area contributed by atoms with Gasteiger partial charge in [-0.15, -0.1) is 11.3 Å². The molecule has 1 aliphatic rings. The smallest absolute Gasteiger partial charge is 0.262 e. The molecule has 1 fully saturated rings. The minimum absolute atomic E-state index is 0.0959. The van der Waals surface area contributed by atoms with Crippen molar-refractivity contribution in [2.24, 2.45) is 0 Å². The second-order valence-electron chi connectivity index (χ2n) is 5.91. The fourth-order valence-electron chi connectivity index (χ4n) is 2.99. The van der Waals surface area contributed by atoms with Crippen molar-refractivity contribution in [1.29, 1.82) is 0 Å². The zero-order chi connectivity index (χ0) is 16.6. The third-order valence-electron chi connectivity index (χ3n) is 4.13. The Hall–Kier alpha value is -2.02. The zero-order valence-electron chi connectivity index (χ0n) is 13.5. The van der Waals surface area contributed by atoms with Crippen LogP contribution in [0.4, 0.5) is 0 Å². The molecule has 2 aromatic rings. The normalized spacial score (nSPS) is 18.6. The van der Waals surface area contributed by atoms with E-state index >= 15 is 0 Å². The van der Waals surface area contributed by atoms with Crippen LogP contribution in [0, 0.1) is 20.8 Å². The fraction of sp³-hybridized carbons (Fsp3) is 0.500. The highest BCUT2D eigenvalue weighted by Crippen LogP contribution is 2.31. The molecule has 0 radical (unpaired) electrons. The predicted molar refractivity (Wildman–Crippen MR) is 89.7 cm³/mol. The predicted octanol–water partition coefficient (Wildman–Crippen LogP) is 2.02. The molecule has 1 saturated heterocycles. The lowest BCUT2D eigenvalue weighted by Crippen LogP contribution is -2.45. The standard InChI is InChI=1S/C16H20N4O2S/c1-8-12-9(2)18-10(3)19-16(12)23-13(8)15(22)20-11-6-4-5-7-17-14(11)21/h11H,4-7H2,1-3H3,(H,17,21)(H,20,22)/t11-/m0/s1. The van der Waals surface area contributed by atoms with Gasteiger partial charge in [0.1, 0.15) is 16.7 Å². The van der Waals surface area contributed by atoms with Gasteiger partial charge in [0.05, 0.1) is 4.88 Å². The molecule has 122 valence electrons. The maximum Gasteiger partial charge on any atom is 0.262 e. The monoisotopic (exact) mass is 332 g/mol. The topological polar surface area (TPSA) is 84.0 Å². The summed E-state index contributed by atoms with van der Waals surface area (Å²) in [5.41, 5.74) is 1.77. The molecule has 0 aromatic carbocycles. The van der Waals surface area contributed by atoms with Crippen molar-refractivity contribution in [3.05, 3.63) is 22.0 Å². The molecule has 2 N–H and O–H groups in total. The van der Waals surface area contributed by atoms with Gasteiger partial charge in [0, 0.05) is 17.6 Å². The van der Waals surface area contributed by atoms with Crippen LogP contribution >= 0.6 is 11.3 Å². The van der Waals surface area contributed by atoms with E-state index < -0.39 is 6.04 Å². The lowest BCUT2D eigenvalue weighted by molar-refractivity contribution is -0.122. The van der Waals surface area contributed by atoms with Crippen LogP contribution in [0.3, 0.4) is 0 Å². The minimum Gasteiger partial charge on any atom is -0.354 e. The minimum atomic E-state index is -0.455. The Kier molecular flexibility index (Phi) is 4.30. The van der Waals surface area contributed by atoms with E-state index in [4.69, 9.17) is 0 Å². The number of amides is 2. The first-order valence-corrected chi connectivity index (χ1v) is 8.62. The quantitative estimate of drug-likeness (QED) is 0.881. The second-order valence-corrected chi connectivity index (χ2v) is 6.90. The number of carbonyl (C=O) groups excluding carboxylic acids is 2. The van der Waals surface area contributed by atoms with Crippen molar-refractivity contribution in [3.8, 4) is 0 Å². The molecule has 2 aromatic heterocycles. The highest BCUT2D eigenvalue weighted by molar-refractivity contribution is 7.20. The Bertz CT molecular complexity index is 784. The maximum atomic E-state index is 12.6. The number of hydrogen-bond donors (Lipinski definition) is 2. The summed E-state index contributed by atoms with van der Waals surface area (Å²) in [7, 11) is 0. The number of aromatic nitrogens is 2. The van der Waals surface area contributed by atoms with Gasteiger partial charge in [-0.25, -0.2) is 9.97 Å². The van der Waals surface area contributed by atoms with Crippen LogP contribution in [0.5, 0.6) is 0 Å². The second kappa shape index (κ2) is 6.23. The average Bonchev–Trinajstić information content (AvgIpc) is 2.68. The van der Waals surface area contributed by atoms with Gasteiger partial charge < -0.3 is 10.6 Å². The van der Waals surface area contributed by atoms with Gasteiger partial charge in [0.25, 0.3) is 5.91 Å². The number of fused-ring (bicyclic) bond motifs is 1. The molecule has 3 heterocycles. The van der Waals surface area contributed by atoms with Crippen molar-refractivity contribution >= 4 is 33.4 Å². The van der Waals surface area contributed by atoms with Crippen molar-refractivity contribution in [3.63, 3.8) is 0 Å². The summed E-state index contributed by atoms with van der Waals surface area (Å²) < 4.78 is 0. The lowest BCUT2D eigenvalue weighted by atomic mass is 10.1. The van der Waals surface area contributed by atoms with Crippen LogP contribution in [0.1, 0.15) is 46.0 Å². The zero-order valence-corrected chi connectivity index (χ0v) is 14.3. The Morgan fingerprint density at radius 3 is 2.83 bits per heavy atom. The van der Waals surface area contributed by atoms with Crippen molar-refractivity contribution in [2.45, 2.75) is 46.1 Å². The third kappa shape index (κ3) is 3.06. The van der Waals surface area contributed by atoms with Crippen LogP contribution in [0.15, 0.2) is 0 Å². The number of nitrogens with zero attached hydrogens (tertiary/aromatic N) is 2. The van der Waals surface area contributed by atoms with Crippen LogP contribution in [-0.2, 0) is 4.79 Å². The number of nitrogens with one attached hydrogen (secondary N) is 2. The summed E-state index contributed by atoms with van der Waals surface area (Å²) in [4.78, 5) is 34.9. The summed E-state index contributed by atoms with van der Waals surface area (Å²) in [6.07, 6.45) is 2.56. The first kappa shape index (κ1) is 15.9. The molecule has 1 atom stereocenters.